The maximum atomic E-state index is 12.7. The average Bonchev–Trinajstić information content (AvgIpc) is 3.43. The lowest BCUT2D eigenvalue weighted by molar-refractivity contribution is 0.102. The summed E-state index contributed by atoms with van der Waals surface area (Å²) >= 11 is 15.6. The van der Waals surface area contributed by atoms with E-state index in [9.17, 15) is 4.79 Å². The molecule has 0 amide bonds. The fourth-order valence-electron chi connectivity index (χ4n) is 3.49. The summed E-state index contributed by atoms with van der Waals surface area (Å²) in [6.07, 6.45) is 0. The molecule has 0 aliphatic heterocycles. The van der Waals surface area contributed by atoms with Crippen molar-refractivity contribution < 1.29 is 9.53 Å². The molecule has 5 nitrogen and oxygen atoms in total. The van der Waals surface area contributed by atoms with Crippen LogP contribution in [0.2, 0.25) is 10.0 Å². The number of para-hydroxylation sites is 1. The van der Waals surface area contributed by atoms with Gasteiger partial charge in [-0.15, -0.1) is 21.5 Å². The summed E-state index contributed by atoms with van der Waals surface area (Å²) in [5.74, 6) is 1.58. The number of hydrogen-bond donors (Lipinski definition) is 0. The number of thioether (sulfide) groups is 1. The van der Waals surface area contributed by atoms with Crippen LogP contribution in [-0.4, -0.2) is 33.4 Å². The van der Waals surface area contributed by atoms with Gasteiger partial charge < -0.3 is 4.74 Å². The Balaban J connectivity index is 1.54. The Bertz CT molecular complexity index is 1480. The molecule has 0 unspecified atom stereocenters. The second-order valence-corrected chi connectivity index (χ2v) is 10.1. The number of carbonyl (C=O) groups excluding carboxylic acids is 1. The molecule has 0 fully saturated rings. The Labute approximate surface area is 214 Å². The number of nitrogens with zero attached hydrogens (tertiary/aromatic N) is 3. The molecular weight excluding hydrogens is 509 g/mol. The lowest BCUT2D eigenvalue weighted by atomic mass is 10.1. The summed E-state index contributed by atoms with van der Waals surface area (Å²) in [7, 11) is 1.64. The highest BCUT2D eigenvalue weighted by molar-refractivity contribution is 7.99. The SMILES string of the molecule is COc1ccc2c(Cl)c(-c3nnc(SCC(=O)c4ccc(Cl)cc4)n3-c3ccccc3)sc2c1. The van der Waals surface area contributed by atoms with Crippen molar-refractivity contribution in [2.45, 2.75) is 5.16 Å². The fourth-order valence-corrected chi connectivity index (χ4v) is 5.98. The molecule has 5 rings (SSSR count). The van der Waals surface area contributed by atoms with E-state index < -0.39 is 0 Å². The van der Waals surface area contributed by atoms with Crippen molar-refractivity contribution in [1.82, 2.24) is 14.8 Å². The minimum Gasteiger partial charge on any atom is -0.497 e. The topological polar surface area (TPSA) is 57.0 Å². The molecule has 0 radical (unpaired) electrons. The Kier molecular flexibility index (Phi) is 6.61. The number of methoxy groups -OCH3 is 1. The molecule has 0 bridgehead atoms. The zero-order chi connectivity index (χ0) is 23.7. The van der Waals surface area contributed by atoms with Crippen molar-refractivity contribution in [3.05, 3.63) is 88.4 Å². The van der Waals surface area contributed by atoms with Gasteiger partial charge in [-0.05, 0) is 54.6 Å². The summed E-state index contributed by atoms with van der Waals surface area (Å²) in [4.78, 5) is 13.5. The molecule has 5 aromatic rings. The van der Waals surface area contributed by atoms with Gasteiger partial charge in [-0.25, -0.2) is 0 Å². The first kappa shape index (κ1) is 22.9. The van der Waals surface area contributed by atoms with Gasteiger partial charge in [-0.3, -0.25) is 9.36 Å². The monoisotopic (exact) mass is 525 g/mol. The maximum Gasteiger partial charge on any atom is 0.196 e. The van der Waals surface area contributed by atoms with E-state index in [2.05, 4.69) is 10.2 Å². The van der Waals surface area contributed by atoms with Crippen LogP contribution in [0.4, 0.5) is 0 Å². The van der Waals surface area contributed by atoms with Crippen molar-refractivity contribution in [3.63, 3.8) is 0 Å². The number of ether oxygens (including phenoxy) is 1. The number of benzene rings is 3. The lowest BCUT2D eigenvalue weighted by Crippen LogP contribution is -2.04. The van der Waals surface area contributed by atoms with E-state index in [4.69, 9.17) is 27.9 Å². The van der Waals surface area contributed by atoms with Gasteiger partial charge >= 0.3 is 0 Å². The third-order valence-corrected chi connectivity index (χ3v) is 8.02. The first-order valence-corrected chi connectivity index (χ1v) is 12.8. The van der Waals surface area contributed by atoms with Gasteiger partial charge in [0.25, 0.3) is 0 Å². The molecule has 0 saturated carbocycles. The van der Waals surface area contributed by atoms with Crippen LogP contribution in [0.5, 0.6) is 5.75 Å². The molecule has 0 N–H and O–H groups in total. The van der Waals surface area contributed by atoms with E-state index in [1.165, 1.54) is 23.1 Å². The fraction of sp³-hybridized carbons (Fsp3) is 0.0800. The third kappa shape index (κ3) is 4.44. The van der Waals surface area contributed by atoms with E-state index in [0.29, 0.717) is 26.6 Å². The maximum absolute atomic E-state index is 12.7. The van der Waals surface area contributed by atoms with Crippen LogP contribution in [0.1, 0.15) is 10.4 Å². The number of ketones is 1. The number of hydrogen-bond acceptors (Lipinski definition) is 6. The number of thiophene rings is 1. The Morgan fingerprint density at radius 3 is 2.53 bits per heavy atom. The minimum absolute atomic E-state index is 0.0159. The van der Waals surface area contributed by atoms with Gasteiger partial charge in [0, 0.05) is 26.4 Å². The van der Waals surface area contributed by atoms with Crippen LogP contribution in [0.3, 0.4) is 0 Å². The third-order valence-electron chi connectivity index (χ3n) is 5.19. The van der Waals surface area contributed by atoms with Crippen molar-refractivity contribution in [2.75, 3.05) is 12.9 Å². The molecule has 0 aliphatic carbocycles. The average molecular weight is 526 g/mol. The standard InChI is InChI=1S/C25H17Cl2N3O2S2/c1-32-18-11-12-19-21(13-18)34-23(22(19)27)24-28-29-25(30(24)17-5-3-2-4-6-17)33-14-20(31)15-7-9-16(26)10-8-15/h2-13H,14H2,1H3. The van der Waals surface area contributed by atoms with E-state index in [1.54, 1.807) is 31.4 Å². The smallest absolute Gasteiger partial charge is 0.196 e. The predicted octanol–water partition coefficient (Wildman–Crippen LogP) is 7.44. The molecule has 0 atom stereocenters. The zero-order valence-corrected chi connectivity index (χ0v) is 21.0. The summed E-state index contributed by atoms with van der Waals surface area (Å²) in [6.45, 7) is 0. The number of Topliss-reactive ketones (excluding diaryl/α,β-unsaturated/α-hetero) is 1. The first-order chi connectivity index (χ1) is 16.5. The van der Waals surface area contributed by atoms with Crippen molar-refractivity contribution in [3.8, 4) is 22.1 Å². The molecule has 0 spiro atoms. The largest absolute Gasteiger partial charge is 0.497 e. The van der Waals surface area contributed by atoms with Crippen LogP contribution >= 0.6 is 46.3 Å². The predicted molar refractivity (Wildman–Crippen MR) is 140 cm³/mol. The minimum atomic E-state index is -0.0159. The van der Waals surface area contributed by atoms with Gasteiger partial charge in [0.1, 0.15) is 5.75 Å². The van der Waals surface area contributed by atoms with Gasteiger partial charge in [-0.2, -0.15) is 0 Å². The Morgan fingerprint density at radius 1 is 1.03 bits per heavy atom. The summed E-state index contributed by atoms with van der Waals surface area (Å²) in [6, 6.07) is 22.5. The number of rotatable bonds is 7. The van der Waals surface area contributed by atoms with Gasteiger partial charge in [-0.1, -0.05) is 53.2 Å². The van der Waals surface area contributed by atoms with Crippen molar-refractivity contribution in [1.29, 1.82) is 0 Å². The molecule has 2 aromatic heterocycles. The number of halogens is 2. The highest BCUT2D eigenvalue weighted by Crippen LogP contribution is 2.43. The highest BCUT2D eigenvalue weighted by Gasteiger charge is 2.22. The van der Waals surface area contributed by atoms with Crippen molar-refractivity contribution in [2.24, 2.45) is 0 Å². The van der Waals surface area contributed by atoms with Gasteiger partial charge in [0.2, 0.25) is 0 Å². The summed E-state index contributed by atoms with van der Waals surface area (Å²) < 4.78 is 8.29. The van der Waals surface area contributed by atoms with Gasteiger partial charge in [0.15, 0.2) is 16.8 Å². The van der Waals surface area contributed by atoms with Crippen LogP contribution in [0.15, 0.2) is 78.0 Å². The van der Waals surface area contributed by atoms with E-state index in [1.807, 2.05) is 53.1 Å². The van der Waals surface area contributed by atoms with Crippen LogP contribution in [0.25, 0.3) is 26.5 Å². The van der Waals surface area contributed by atoms with E-state index in [0.717, 1.165) is 26.4 Å². The van der Waals surface area contributed by atoms with Gasteiger partial charge in [0.05, 0.1) is 22.8 Å². The second kappa shape index (κ2) is 9.80. The molecule has 2 heterocycles. The molecule has 9 heteroatoms. The summed E-state index contributed by atoms with van der Waals surface area (Å²) in [5, 5.41) is 11.6. The van der Waals surface area contributed by atoms with E-state index >= 15 is 0 Å². The highest BCUT2D eigenvalue weighted by atomic mass is 35.5. The Hall–Kier alpha value is -2.84. The van der Waals surface area contributed by atoms with Crippen LogP contribution < -0.4 is 4.74 Å². The Morgan fingerprint density at radius 2 is 1.79 bits per heavy atom. The van der Waals surface area contributed by atoms with Crippen LogP contribution in [-0.2, 0) is 0 Å². The lowest BCUT2D eigenvalue weighted by Gasteiger charge is -2.09. The number of carbonyl (C=O) groups is 1. The molecule has 3 aromatic carbocycles. The number of aromatic nitrogens is 3. The quantitative estimate of drug-likeness (QED) is 0.163. The molecule has 0 saturated heterocycles. The summed E-state index contributed by atoms with van der Waals surface area (Å²) in [5.41, 5.74) is 1.49. The molecule has 170 valence electrons. The van der Waals surface area contributed by atoms with E-state index in [-0.39, 0.29) is 11.5 Å². The second-order valence-electron chi connectivity index (χ2n) is 7.30. The van der Waals surface area contributed by atoms with Crippen LogP contribution in [0, 0.1) is 0 Å². The molecule has 34 heavy (non-hydrogen) atoms. The molecular formula is C25H17Cl2N3O2S2. The normalized spacial score (nSPS) is 11.1. The van der Waals surface area contributed by atoms with Crippen molar-refractivity contribution >= 4 is 62.2 Å². The first-order valence-electron chi connectivity index (χ1n) is 10.2. The molecule has 0 aliphatic rings. The number of fused-ring (bicyclic) bond motifs is 1. The zero-order valence-electron chi connectivity index (χ0n) is 17.9.